The van der Waals surface area contributed by atoms with Crippen LogP contribution in [0.4, 0.5) is 0 Å². The zero-order valence-electron chi connectivity index (χ0n) is 14.3. The Kier molecular flexibility index (Phi) is 3.72. The van der Waals surface area contributed by atoms with E-state index in [-0.39, 0.29) is 17.6 Å². The number of benzene rings is 1. The van der Waals surface area contributed by atoms with Gasteiger partial charge in [0, 0.05) is 19.1 Å². The molecule has 0 N–H and O–H groups in total. The summed E-state index contributed by atoms with van der Waals surface area (Å²) < 4.78 is 5.99. The van der Waals surface area contributed by atoms with Gasteiger partial charge < -0.3 is 9.64 Å². The molecule has 1 aliphatic carbocycles. The normalized spacial score (nSPS) is 32.3. The minimum atomic E-state index is 0.0500. The van der Waals surface area contributed by atoms with Crippen LogP contribution in [0.25, 0.3) is 0 Å². The third-order valence-corrected chi connectivity index (χ3v) is 6.17. The van der Waals surface area contributed by atoms with Gasteiger partial charge in [0.2, 0.25) is 5.91 Å². The van der Waals surface area contributed by atoms with E-state index in [1.165, 1.54) is 17.5 Å². The molecule has 3 fully saturated rings. The van der Waals surface area contributed by atoms with Gasteiger partial charge >= 0.3 is 0 Å². The molecule has 3 nitrogen and oxygen atoms in total. The third kappa shape index (κ3) is 2.59. The predicted octanol–water partition coefficient (Wildman–Crippen LogP) is 3.86. The lowest BCUT2D eigenvalue weighted by molar-refractivity contribution is -0.171. The highest BCUT2D eigenvalue weighted by molar-refractivity contribution is 5.80. The van der Waals surface area contributed by atoms with Gasteiger partial charge in [0.25, 0.3) is 0 Å². The van der Waals surface area contributed by atoms with Gasteiger partial charge in [-0.1, -0.05) is 36.8 Å². The summed E-state index contributed by atoms with van der Waals surface area (Å²) in [5, 5.41) is 0. The number of likely N-dealkylation sites (tertiary alicyclic amines) is 1. The SMILES string of the molecule is Cc1ccc(C2C(C)CN2C(=O)C2CCOC3(CCC3)C2)cc1. The van der Waals surface area contributed by atoms with Crippen molar-refractivity contribution >= 4 is 5.91 Å². The van der Waals surface area contributed by atoms with Crippen molar-refractivity contribution in [1.29, 1.82) is 0 Å². The van der Waals surface area contributed by atoms with E-state index in [4.69, 9.17) is 4.74 Å². The molecule has 2 heterocycles. The molecular formula is C20H27NO2. The van der Waals surface area contributed by atoms with Crippen LogP contribution in [0.3, 0.4) is 0 Å². The fourth-order valence-corrected chi connectivity index (χ4v) is 4.58. The van der Waals surface area contributed by atoms with Gasteiger partial charge in [-0.3, -0.25) is 4.79 Å². The van der Waals surface area contributed by atoms with E-state index >= 15 is 0 Å². The number of carbonyl (C=O) groups is 1. The van der Waals surface area contributed by atoms with Gasteiger partial charge in [0.15, 0.2) is 0 Å². The molecule has 1 amide bonds. The molecule has 124 valence electrons. The first-order valence-corrected chi connectivity index (χ1v) is 9.09. The quantitative estimate of drug-likeness (QED) is 0.829. The van der Waals surface area contributed by atoms with E-state index < -0.39 is 0 Å². The fourth-order valence-electron chi connectivity index (χ4n) is 4.58. The molecule has 3 unspecified atom stereocenters. The number of rotatable bonds is 2. The average molecular weight is 313 g/mol. The Labute approximate surface area is 139 Å². The summed E-state index contributed by atoms with van der Waals surface area (Å²) in [5.74, 6) is 1.09. The molecular weight excluding hydrogens is 286 g/mol. The number of aryl methyl sites for hydroxylation is 1. The zero-order valence-corrected chi connectivity index (χ0v) is 14.3. The third-order valence-electron chi connectivity index (χ3n) is 6.17. The molecule has 1 aromatic carbocycles. The molecule has 2 saturated heterocycles. The van der Waals surface area contributed by atoms with Gasteiger partial charge in [-0.2, -0.15) is 0 Å². The van der Waals surface area contributed by atoms with E-state index in [0.717, 1.165) is 38.8 Å². The zero-order chi connectivity index (χ0) is 16.0. The van der Waals surface area contributed by atoms with Crippen molar-refractivity contribution in [2.24, 2.45) is 11.8 Å². The molecule has 0 aromatic heterocycles. The van der Waals surface area contributed by atoms with Crippen LogP contribution in [0, 0.1) is 18.8 Å². The lowest BCUT2D eigenvalue weighted by Crippen LogP contribution is -2.56. The summed E-state index contributed by atoms with van der Waals surface area (Å²) in [6.07, 6.45) is 5.39. The molecule has 1 spiro atoms. The minimum absolute atomic E-state index is 0.0500. The lowest BCUT2D eigenvalue weighted by Gasteiger charge is -2.51. The van der Waals surface area contributed by atoms with Crippen LogP contribution in [0.15, 0.2) is 24.3 Å². The topological polar surface area (TPSA) is 29.5 Å². The Hall–Kier alpha value is -1.35. The summed E-state index contributed by atoms with van der Waals surface area (Å²) in [5.41, 5.74) is 2.61. The molecule has 3 heteroatoms. The van der Waals surface area contributed by atoms with E-state index in [1.807, 2.05) is 0 Å². The minimum Gasteiger partial charge on any atom is -0.375 e. The Morgan fingerprint density at radius 3 is 2.61 bits per heavy atom. The second kappa shape index (κ2) is 5.62. The fraction of sp³-hybridized carbons (Fsp3) is 0.650. The summed E-state index contributed by atoms with van der Waals surface area (Å²) in [4.78, 5) is 15.2. The van der Waals surface area contributed by atoms with Gasteiger partial charge in [0.1, 0.15) is 0 Å². The molecule has 1 aromatic rings. The van der Waals surface area contributed by atoms with Crippen molar-refractivity contribution in [3.8, 4) is 0 Å². The van der Waals surface area contributed by atoms with E-state index in [2.05, 4.69) is 43.0 Å². The Bertz CT molecular complexity index is 590. The summed E-state index contributed by atoms with van der Waals surface area (Å²) >= 11 is 0. The van der Waals surface area contributed by atoms with Crippen LogP contribution in [0.5, 0.6) is 0 Å². The highest BCUT2D eigenvalue weighted by Gasteiger charge is 2.48. The Balaban J connectivity index is 1.48. The van der Waals surface area contributed by atoms with Gasteiger partial charge in [-0.05, 0) is 50.5 Å². The molecule has 0 radical (unpaired) electrons. The Morgan fingerprint density at radius 1 is 1.26 bits per heavy atom. The first kappa shape index (κ1) is 15.2. The summed E-state index contributed by atoms with van der Waals surface area (Å²) in [6, 6.07) is 8.95. The summed E-state index contributed by atoms with van der Waals surface area (Å²) in [7, 11) is 0. The maximum absolute atomic E-state index is 13.1. The van der Waals surface area contributed by atoms with Gasteiger partial charge in [0.05, 0.1) is 11.6 Å². The number of hydrogen-bond acceptors (Lipinski definition) is 2. The predicted molar refractivity (Wildman–Crippen MR) is 90.1 cm³/mol. The van der Waals surface area contributed by atoms with Crippen LogP contribution >= 0.6 is 0 Å². The average Bonchev–Trinajstić information content (AvgIpc) is 2.52. The Morgan fingerprint density at radius 2 is 2.00 bits per heavy atom. The van der Waals surface area contributed by atoms with Crippen molar-refractivity contribution in [3.05, 3.63) is 35.4 Å². The van der Waals surface area contributed by atoms with E-state index in [0.29, 0.717) is 11.8 Å². The van der Waals surface area contributed by atoms with Crippen molar-refractivity contribution in [2.45, 2.75) is 57.6 Å². The van der Waals surface area contributed by atoms with Crippen LogP contribution < -0.4 is 0 Å². The van der Waals surface area contributed by atoms with E-state index in [1.54, 1.807) is 0 Å². The highest BCUT2D eigenvalue weighted by Crippen LogP contribution is 2.46. The smallest absolute Gasteiger partial charge is 0.226 e. The monoisotopic (exact) mass is 313 g/mol. The molecule has 0 bridgehead atoms. The molecule has 23 heavy (non-hydrogen) atoms. The lowest BCUT2D eigenvalue weighted by atomic mass is 9.71. The van der Waals surface area contributed by atoms with Crippen molar-refractivity contribution in [1.82, 2.24) is 4.90 Å². The standard InChI is InChI=1S/C20H27NO2/c1-14-4-6-16(7-5-14)18-15(2)13-21(18)19(22)17-8-11-23-20(12-17)9-3-10-20/h4-7,15,17-18H,3,8-13H2,1-2H3. The first-order valence-electron chi connectivity index (χ1n) is 9.09. The largest absolute Gasteiger partial charge is 0.375 e. The number of amides is 1. The van der Waals surface area contributed by atoms with Gasteiger partial charge in [-0.15, -0.1) is 0 Å². The molecule has 2 aliphatic heterocycles. The van der Waals surface area contributed by atoms with Crippen LogP contribution in [0.2, 0.25) is 0 Å². The van der Waals surface area contributed by atoms with Crippen LogP contribution in [-0.2, 0) is 9.53 Å². The second-order valence-electron chi connectivity index (χ2n) is 7.90. The molecule has 4 rings (SSSR count). The van der Waals surface area contributed by atoms with Crippen molar-refractivity contribution < 1.29 is 9.53 Å². The number of carbonyl (C=O) groups excluding carboxylic acids is 1. The number of ether oxygens (including phenoxy) is 1. The first-order chi connectivity index (χ1) is 11.1. The summed E-state index contributed by atoms with van der Waals surface area (Å²) in [6.45, 7) is 6.03. The number of nitrogens with zero attached hydrogens (tertiary/aromatic N) is 1. The molecule has 3 atom stereocenters. The molecule has 3 aliphatic rings. The van der Waals surface area contributed by atoms with Gasteiger partial charge in [-0.25, -0.2) is 0 Å². The molecule has 1 saturated carbocycles. The van der Waals surface area contributed by atoms with E-state index in [9.17, 15) is 4.79 Å². The van der Waals surface area contributed by atoms with Crippen molar-refractivity contribution in [2.75, 3.05) is 13.2 Å². The maximum atomic E-state index is 13.1. The highest BCUT2D eigenvalue weighted by atomic mass is 16.5. The van der Waals surface area contributed by atoms with Crippen LogP contribution in [-0.4, -0.2) is 29.6 Å². The van der Waals surface area contributed by atoms with Crippen LogP contribution in [0.1, 0.15) is 56.2 Å². The number of hydrogen-bond donors (Lipinski definition) is 0. The van der Waals surface area contributed by atoms with Crippen molar-refractivity contribution in [3.63, 3.8) is 0 Å². The second-order valence-corrected chi connectivity index (χ2v) is 7.90. The maximum Gasteiger partial charge on any atom is 0.226 e.